The number of ether oxygens (including phenoxy) is 1. The molecule has 2 amide bonds. The van der Waals surface area contributed by atoms with Crippen LogP contribution in [0, 0.1) is 17.8 Å². The van der Waals surface area contributed by atoms with E-state index in [0.29, 0.717) is 18.9 Å². The van der Waals surface area contributed by atoms with E-state index in [1.165, 1.54) is 5.01 Å². The average Bonchev–Trinajstić information content (AvgIpc) is 2.62. The topological polar surface area (TPSA) is 49.9 Å². The third kappa shape index (κ3) is 5.32. The zero-order valence-electron chi connectivity index (χ0n) is 17.5. The maximum Gasteiger partial charge on any atom is 0.245 e. The van der Waals surface area contributed by atoms with E-state index in [1.54, 1.807) is 12.1 Å². The van der Waals surface area contributed by atoms with Gasteiger partial charge in [-0.05, 0) is 38.2 Å². The highest BCUT2D eigenvalue weighted by Gasteiger charge is 2.45. The zero-order valence-corrected chi connectivity index (χ0v) is 17.5. The highest BCUT2D eigenvalue weighted by molar-refractivity contribution is 5.92. The van der Waals surface area contributed by atoms with Crippen molar-refractivity contribution in [2.45, 2.75) is 59.6 Å². The molecule has 1 aromatic rings. The Labute approximate surface area is 163 Å². The number of nitrogens with zero attached hydrogens (tertiary/aromatic N) is 2. The Morgan fingerprint density at radius 1 is 1.04 bits per heavy atom. The van der Waals surface area contributed by atoms with Crippen LogP contribution in [0.25, 0.3) is 0 Å². The third-order valence-corrected chi connectivity index (χ3v) is 5.19. The number of rotatable bonds is 8. The van der Waals surface area contributed by atoms with Gasteiger partial charge in [0.2, 0.25) is 11.8 Å². The van der Waals surface area contributed by atoms with E-state index >= 15 is 0 Å². The first-order chi connectivity index (χ1) is 12.7. The molecule has 3 unspecified atom stereocenters. The molecule has 0 bridgehead atoms. The standard InChI is InChI=1S/C22H34N2O3/c1-15(2)12-20-17(5)21(25)23(6)24(22(20)26)19(14-27-16(3)4)13-18-10-8-7-9-11-18/h7-11,15-17,19-20H,12-14H2,1-6H3. The molecule has 0 saturated carbocycles. The molecule has 3 atom stereocenters. The molecule has 0 N–H and O–H groups in total. The molecule has 1 aliphatic heterocycles. The molecule has 27 heavy (non-hydrogen) atoms. The van der Waals surface area contributed by atoms with Crippen molar-refractivity contribution in [2.75, 3.05) is 13.7 Å². The second kappa shape index (κ2) is 9.36. The summed E-state index contributed by atoms with van der Waals surface area (Å²) in [6, 6.07) is 9.85. The van der Waals surface area contributed by atoms with Crippen molar-refractivity contribution in [3.63, 3.8) is 0 Å². The molecule has 0 aromatic heterocycles. The summed E-state index contributed by atoms with van der Waals surface area (Å²) in [4.78, 5) is 26.2. The van der Waals surface area contributed by atoms with E-state index in [2.05, 4.69) is 13.8 Å². The molecule has 1 saturated heterocycles. The van der Waals surface area contributed by atoms with Gasteiger partial charge in [-0.2, -0.15) is 0 Å². The first-order valence-corrected chi connectivity index (χ1v) is 9.98. The molecule has 150 valence electrons. The second-order valence-corrected chi connectivity index (χ2v) is 8.30. The van der Waals surface area contributed by atoms with E-state index in [4.69, 9.17) is 4.74 Å². The van der Waals surface area contributed by atoms with Crippen LogP contribution in [-0.2, 0) is 20.7 Å². The van der Waals surface area contributed by atoms with E-state index in [1.807, 2.05) is 51.1 Å². The Morgan fingerprint density at radius 3 is 2.22 bits per heavy atom. The lowest BCUT2D eigenvalue weighted by molar-refractivity contribution is -0.187. The van der Waals surface area contributed by atoms with Crippen LogP contribution in [-0.4, -0.2) is 47.6 Å². The SMILES string of the molecule is CC(C)CC1C(=O)N(C(COC(C)C)Cc2ccccc2)N(C)C(=O)C1C. The van der Waals surface area contributed by atoms with Crippen LogP contribution in [0.4, 0.5) is 0 Å². The van der Waals surface area contributed by atoms with Crippen molar-refractivity contribution in [1.29, 1.82) is 0 Å². The van der Waals surface area contributed by atoms with E-state index in [-0.39, 0.29) is 35.8 Å². The fraction of sp³-hybridized carbons (Fsp3) is 0.636. The molecule has 0 spiro atoms. The Morgan fingerprint density at radius 2 is 1.67 bits per heavy atom. The average molecular weight is 375 g/mol. The Hall–Kier alpha value is -1.88. The van der Waals surface area contributed by atoms with Crippen molar-refractivity contribution in [1.82, 2.24) is 10.0 Å². The number of hydrazine groups is 1. The minimum absolute atomic E-state index is 0.00265. The summed E-state index contributed by atoms with van der Waals surface area (Å²) >= 11 is 0. The fourth-order valence-corrected chi connectivity index (χ4v) is 3.75. The number of carbonyl (C=O) groups excluding carboxylic acids is 2. The van der Waals surface area contributed by atoms with Gasteiger partial charge in [-0.3, -0.25) is 14.6 Å². The van der Waals surface area contributed by atoms with Crippen molar-refractivity contribution in [3.05, 3.63) is 35.9 Å². The summed E-state index contributed by atoms with van der Waals surface area (Å²) in [6.07, 6.45) is 1.44. The van der Waals surface area contributed by atoms with Gasteiger partial charge in [0.25, 0.3) is 0 Å². The Balaban J connectivity index is 2.31. The Bertz CT molecular complexity index is 630. The van der Waals surface area contributed by atoms with E-state index < -0.39 is 0 Å². The van der Waals surface area contributed by atoms with E-state index in [9.17, 15) is 9.59 Å². The quantitative estimate of drug-likeness (QED) is 0.699. The normalized spacial score (nSPS) is 22.1. The summed E-state index contributed by atoms with van der Waals surface area (Å²) in [6.45, 7) is 10.4. The van der Waals surface area contributed by atoms with E-state index in [0.717, 1.165) is 12.0 Å². The second-order valence-electron chi connectivity index (χ2n) is 8.30. The number of hydrogen-bond donors (Lipinski definition) is 0. The van der Waals surface area contributed by atoms with Crippen LogP contribution in [0.3, 0.4) is 0 Å². The van der Waals surface area contributed by atoms with Gasteiger partial charge in [0, 0.05) is 13.0 Å². The minimum atomic E-state index is -0.287. The van der Waals surface area contributed by atoms with Gasteiger partial charge in [-0.25, -0.2) is 5.01 Å². The largest absolute Gasteiger partial charge is 0.377 e. The highest BCUT2D eigenvalue weighted by Crippen LogP contribution is 2.31. The van der Waals surface area contributed by atoms with Gasteiger partial charge in [0.05, 0.1) is 24.7 Å². The van der Waals surface area contributed by atoms with Gasteiger partial charge >= 0.3 is 0 Å². The summed E-state index contributed by atoms with van der Waals surface area (Å²) < 4.78 is 5.87. The molecule has 1 fully saturated rings. The van der Waals surface area contributed by atoms with Crippen molar-refractivity contribution in [2.24, 2.45) is 17.8 Å². The first kappa shape index (κ1) is 21.4. The summed E-state index contributed by atoms with van der Waals surface area (Å²) in [7, 11) is 1.70. The van der Waals surface area contributed by atoms with Gasteiger partial charge in [0.1, 0.15) is 0 Å². The zero-order chi connectivity index (χ0) is 20.1. The maximum absolute atomic E-state index is 13.4. The van der Waals surface area contributed by atoms with Crippen molar-refractivity contribution in [3.8, 4) is 0 Å². The van der Waals surface area contributed by atoms with Crippen LogP contribution in [0.1, 0.15) is 46.6 Å². The lowest BCUT2D eigenvalue weighted by Gasteiger charge is -2.46. The monoisotopic (exact) mass is 374 g/mol. The van der Waals surface area contributed by atoms with Crippen molar-refractivity contribution >= 4 is 11.8 Å². The molecule has 2 rings (SSSR count). The molecule has 1 aromatic carbocycles. The number of hydrogen-bond acceptors (Lipinski definition) is 3. The van der Waals surface area contributed by atoms with Crippen molar-refractivity contribution < 1.29 is 14.3 Å². The Kier molecular flexibility index (Phi) is 7.42. The molecule has 1 heterocycles. The van der Waals surface area contributed by atoms with Crippen LogP contribution in [0.2, 0.25) is 0 Å². The molecular weight excluding hydrogens is 340 g/mol. The van der Waals surface area contributed by atoms with Gasteiger partial charge in [-0.15, -0.1) is 0 Å². The molecule has 5 nitrogen and oxygen atoms in total. The fourth-order valence-electron chi connectivity index (χ4n) is 3.75. The predicted octanol–water partition coefficient (Wildman–Crippen LogP) is 3.54. The first-order valence-electron chi connectivity index (χ1n) is 9.98. The molecule has 1 aliphatic rings. The molecule has 0 aliphatic carbocycles. The number of carbonyl (C=O) groups is 2. The van der Waals surface area contributed by atoms with Gasteiger partial charge in [-0.1, -0.05) is 51.1 Å². The van der Waals surface area contributed by atoms with Crippen LogP contribution in [0.5, 0.6) is 0 Å². The summed E-state index contributed by atoms with van der Waals surface area (Å²) in [5, 5.41) is 3.17. The molecular formula is C22H34N2O3. The van der Waals surface area contributed by atoms with Crippen LogP contribution >= 0.6 is 0 Å². The summed E-state index contributed by atoms with van der Waals surface area (Å²) in [5.74, 6) is -0.163. The smallest absolute Gasteiger partial charge is 0.245 e. The lowest BCUT2D eigenvalue weighted by atomic mass is 9.83. The third-order valence-electron chi connectivity index (χ3n) is 5.19. The van der Waals surface area contributed by atoms with Crippen LogP contribution in [0.15, 0.2) is 30.3 Å². The summed E-state index contributed by atoms with van der Waals surface area (Å²) in [5.41, 5.74) is 1.13. The highest BCUT2D eigenvalue weighted by atomic mass is 16.5. The minimum Gasteiger partial charge on any atom is -0.377 e. The van der Waals surface area contributed by atoms with Gasteiger partial charge < -0.3 is 4.74 Å². The number of benzene rings is 1. The lowest BCUT2D eigenvalue weighted by Crippen LogP contribution is -2.63. The maximum atomic E-state index is 13.4. The van der Waals surface area contributed by atoms with Gasteiger partial charge in [0.15, 0.2) is 0 Å². The van der Waals surface area contributed by atoms with Crippen LogP contribution < -0.4 is 0 Å². The predicted molar refractivity (Wildman–Crippen MR) is 107 cm³/mol. The molecule has 0 radical (unpaired) electrons. The molecule has 5 heteroatoms. The number of amides is 2.